The Labute approximate surface area is 195 Å². The summed E-state index contributed by atoms with van der Waals surface area (Å²) in [5, 5.41) is 6.07. The number of ether oxygens (including phenoxy) is 2. The molecule has 0 saturated carbocycles. The van der Waals surface area contributed by atoms with E-state index in [0.29, 0.717) is 24.2 Å². The van der Waals surface area contributed by atoms with Crippen LogP contribution in [0.5, 0.6) is 0 Å². The molecule has 1 aromatic carbocycles. The lowest BCUT2D eigenvalue weighted by Gasteiger charge is -2.34. The number of methoxy groups -OCH3 is 1. The summed E-state index contributed by atoms with van der Waals surface area (Å²) in [4.78, 5) is 18.7. The number of hydrogen-bond acceptors (Lipinski definition) is 4. The zero-order chi connectivity index (χ0) is 21.1. The van der Waals surface area contributed by atoms with Gasteiger partial charge in [0.25, 0.3) is 5.91 Å². The van der Waals surface area contributed by atoms with Crippen LogP contribution in [0.3, 0.4) is 0 Å². The Hall–Kier alpha value is -1.46. The van der Waals surface area contributed by atoms with E-state index in [4.69, 9.17) is 9.47 Å². The number of piperidine rings is 1. The maximum atomic E-state index is 13.6. The van der Waals surface area contributed by atoms with Gasteiger partial charge in [0.05, 0.1) is 6.10 Å². The molecule has 30 heavy (non-hydrogen) atoms. The van der Waals surface area contributed by atoms with Crippen LogP contribution in [0.25, 0.3) is 0 Å². The van der Waals surface area contributed by atoms with E-state index in [1.54, 1.807) is 33.2 Å². The molecule has 7 nitrogen and oxygen atoms in total. The van der Waals surface area contributed by atoms with E-state index in [2.05, 4.69) is 20.5 Å². The number of aryl methyl sites for hydroxylation is 1. The van der Waals surface area contributed by atoms with Crippen molar-refractivity contribution in [2.24, 2.45) is 4.99 Å². The van der Waals surface area contributed by atoms with Crippen molar-refractivity contribution in [1.82, 2.24) is 15.5 Å². The number of aliphatic imine (C=N–C) groups is 1. The molecule has 1 heterocycles. The lowest BCUT2D eigenvalue weighted by molar-refractivity contribution is 0.00991. The minimum absolute atomic E-state index is 0. The molecule has 1 aliphatic heterocycles. The maximum Gasteiger partial charge on any atom is 0.251 e. The smallest absolute Gasteiger partial charge is 0.251 e. The summed E-state index contributed by atoms with van der Waals surface area (Å²) >= 11 is 0. The second kappa shape index (κ2) is 14.5. The first-order chi connectivity index (χ1) is 14.0. The molecule has 0 aromatic heterocycles. The Bertz CT molecular complexity index is 682. The monoisotopic (exact) mass is 536 g/mol. The second-order valence-electron chi connectivity index (χ2n) is 7.10. The van der Waals surface area contributed by atoms with Crippen LogP contribution in [-0.2, 0) is 9.47 Å². The van der Waals surface area contributed by atoms with Gasteiger partial charge in [-0.2, -0.15) is 0 Å². The van der Waals surface area contributed by atoms with Crippen LogP contribution in [0.2, 0.25) is 0 Å². The number of benzene rings is 1. The van der Waals surface area contributed by atoms with Gasteiger partial charge in [-0.25, -0.2) is 4.39 Å². The first-order valence-corrected chi connectivity index (χ1v) is 10.2. The minimum atomic E-state index is -0.373. The van der Waals surface area contributed by atoms with E-state index in [-0.39, 0.29) is 41.8 Å². The van der Waals surface area contributed by atoms with Gasteiger partial charge < -0.3 is 25.0 Å². The average molecular weight is 536 g/mol. The summed E-state index contributed by atoms with van der Waals surface area (Å²) in [6.07, 6.45) is 3.13. The second-order valence-corrected chi connectivity index (χ2v) is 7.10. The lowest BCUT2D eigenvalue weighted by atomic mass is 10.1. The van der Waals surface area contributed by atoms with Crippen LogP contribution in [0, 0.1) is 12.7 Å². The molecule has 2 rings (SSSR count). The normalized spacial score (nSPS) is 14.9. The van der Waals surface area contributed by atoms with Gasteiger partial charge >= 0.3 is 0 Å². The quantitative estimate of drug-likeness (QED) is 0.220. The number of guanidine groups is 1. The van der Waals surface area contributed by atoms with Crippen molar-refractivity contribution in [2.75, 3.05) is 53.6 Å². The molecule has 1 aromatic rings. The van der Waals surface area contributed by atoms with Gasteiger partial charge in [-0.1, -0.05) is 6.07 Å². The molecule has 1 saturated heterocycles. The van der Waals surface area contributed by atoms with Crippen molar-refractivity contribution < 1.29 is 18.7 Å². The fourth-order valence-corrected chi connectivity index (χ4v) is 3.21. The first kappa shape index (κ1) is 26.6. The van der Waals surface area contributed by atoms with Crippen molar-refractivity contribution in [1.29, 1.82) is 0 Å². The summed E-state index contributed by atoms with van der Waals surface area (Å²) in [6, 6.07) is 4.50. The Morgan fingerprint density at radius 1 is 1.23 bits per heavy atom. The third kappa shape index (κ3) is 8.73. The molecule has 0 unspecified atom stereocenters. The third-order valence-electron chi connectivity index (χ3n) is 4.93. The SMILES string of the molecule is CN=C(NCCNC(=O)c1ccc(C)c(F)c1)N1CCC(OCCCOC)CC1.I. The topological polar surface area (TPSA) is 75.2 Å². The molecule has 9 heteroatoms. The number of nitrogens with one attached hydrogen (secondary N) is 2. The number of likely N-dealkylation sites (tertiary alicyclic amines) is 1. The molecule has 0 spiro atoms. The van der Waals surface area contributed by atoms with Crippen LogP contribution in [0.4, 0.5) is 4.39 Å². The van der Waals surface area contributed by atoms with Gasteiger partial charge in [-0.3, -0.25) is 9.79 Å². The van der Waals surface area contributed by atoms with E-state index >= 15 is 0 Å². The fraction of sp³-hybridized carbons (Fsp3) is 0.619. The van der Waals surface area contributed by atoms with Crippen molar-refractivity contribution in [3.8, 4) is 0 Å². The Morgan fingerprint density at radius 3 is 2.57 bits per heavy atom. The number of carbonyl (C=O) groups excluding carboxylic acids is 1. The number of halogens is 2. The van der Waals surface area contributed by atoms with E-state index in [0.717, 1.165) is 51.5 Å². The standard InChI is InChI=1S/C21H33FN4O3.HI/c1-16-5-6-17(15-19(16)22)20(27)24-9-10-25-21(23-2)26-11-7-18(8-12-26)29-14-4-13-28-3;/h5-6,15,18H,4,7-14H2,1-3H3,(H,23,25)(H,24,27);1H. The van der Waals surface area contributed by atoms with Crippen LogP contribution in [0.15, 0.2) is 23.2 Å². The molecule has 1 amide bonds. The molecular weight excluding hydrogens is 502 g/mol. The van der Waals surface area contributed by atoms with Gasteiger partial charge in [-0.15, -0.1) is 24.0 Å². The third-order valence-corrected chi connectivity index (χ3v) is 4.93. The highest BCUT2D eigenvalue weighted by molar-refractivity contribution is 14.0. The molecule has 2 N–H and O–H groups in total. The summed E-state index contributed by atoms with van der Waals surface area (Å²) in [5.41, 5.74) is 0.848. The van der Waals surface area contributed by atoms with Gasteiger partial charge in [0.2, 0.25) is 0 Å². The Morgan fingerprint density at radius 2 is 1.93 bits per heavy atom. The zero-order valence-electron chi connectivity index (χ0n) is 18.1. The van der Waals surface area contributed by atoms with Gasteiger partial charge in [0, 0.05) is 59.1 Å². The van der Waals surface area contributed by atoms with Gasteiger partial charge in [0.15, 0.2) is 5.96 Å². The first-order valence-electron chi connectivity index (χ1n) is 10.2. The van der Waals surface area contributed by atoms with Crippen molar-refractivity contribution in [3.63, 3.8) is 0 Å². The number of amides is 1. The molecule has 0 bridgehead atoms. The molecule has 1 fully saturated rings. The Kier molecular flexibility index (Phi) is 12.9. The van der Waals surface area contributed by atoms with Crippen molar-refractivity contribution in [3.05, 3.63) is 35.1 Å². The highest BCUT2D eigenvalue weighted by Crippen LogP contribution is 2.14. The summed E-state index contributed by atoms with van der Waals surface area (Å²) in [5.74, 6) is 0.160. The lowest BCUT2D eigenvalue weighted by Crippen LogP contribution is -2.48. The van der Waals surface area contributed by atoms with Crippen molar-refractivity contribution >= 4 is 35.8 Å². The molecule has 1 aliphatic rings. The average Bonchev–Trinajstić information content (AvgIpc) is 2.74. The Balaban J connectivity index is 0.00000450. The highest BCUT2D eigenvalue weighted by atomic mass is 127. The van der Waals surface area contributed by atoms with E-state index in [9.17, 15) is 9.18 Å². The molecular formula is C21H34FIN4O3. The van der Waals surface area contributed by atoms with Gasteiger partial charge in [0.1, 0.15) is 5.82 Å². The summed E-state index contributed by atoms with van der Waals surface area (Å²) in [6.45, 7) is 5.85. The predicted molar refractivity (Wildman–Crippen MR) is 127 cm³/mol. The van der Waals surface area contributed by atoms with E-state index in [1.165, 1.54) is 6.07 Å². The van der Waals surface area contributed by atoms with Gasteiger partial charge in [-0.05, 0) is 43.9 Å². The van der Waals surface area contributed by atoms with Crippen LogP contribution in [0.1, 0.15) is 35.2 Å². The summed E-state index contributed by atoms with van der Waals surface area (Å²) < 4.78 is 24.5. The van der Waals surface area contributed by atoms with E-state index in [1.807, 2.05) is 0 Å². The van der Waals surface area contributed by atoms with Crippen LogP contribution < -0.4 is 10.6 Å². The van der Waals surface area contributed by atoms with Crippen LogP contribution >= 0.6 is 24.0 Å². The molecule has 170 valence electrons. The number of hydrogen-bond donors (Lipinski definition) is 2. The maximum absolute atomic E-state index is 13.6. The predicted octanol–water partition coefficient (Wildman–Crippen LogP) is 2.57. The zero-order valence-corrected chi connectivity index (χ0v) is 20.4. The molecule has 0 radical (unpaired) electrons. The van der Waals surface area contributed by atoms with Crippen LogP contribution in [-0.4, -0.2) is 76.4 Å². The minimum Gasteiger partial charge on any atom is -0.385 e. The largest absolute Gasteiger partial charge is 0.385 e. The highest BCUT2D eigenvalue weighted by Gasteiger charge is 2.21. The summed E-state index contributed by atoms with van der Waals surface area (Å²) in [7, 11) is 3.45. The number of carbonyl (C=O) groups is 1. The fourth-order valence-electron chi connectivity index (χ4n) is 3.21. The number of rotatable bonds is 9. The number of nitrogens with zero attached hydrogens (tertiary/aromatic N) is 2. The molecule has 0 atom stereocenters. The molecule has 0 aliphatic carbocycles. The van der Waals surface area contributed by atoms with E-state index < -0.39 is 0 Å². The van der Waals surface area contributed by atoms with Crippen molar-refractivity contribution in [2.45, 2.75) is 32.3 Å².